The molecule has 2 aromatic carbocycles. The summed E-state index contributed by atoms with van der Waals surface area (Å²) < 4.78 is 12.3. The minimum atomic E-state index is 0.527. The maximum Gasteiger partial charge on any atom is 0.505 e. The topological polar surface area (TPSA) is 22.0 Å². The molecule has 0 aliphatic heterocycles. The van der Waals surface area contributed by atoms with Gasteiger partial charge in [-0.1, -0.05) is 35.9 Å². The van der Waals surface area contributed by atoms with E-state index < -0.39 is 0 Å². The smallest absolute Gasteiger partial charge is 0.351 e. The Morgan fingerprint density at radius 3 is 2.26 bits per heavy atom. The van der Waals surface area contributed by atoms with E-state index in [1.165, 1.54) is 16.5 Å². The molecule has 1 heterocycles. The van der Waals surface area contributed by atoms with Crippen molar-refractivity contribution in [3.05, 3.63) is 66.4 Å². The van der Waals surface area contributed by atoms with Crippen LogP contribution < -0.4 is 0 Å². The Morgan fingerprint density at radius 2 is 1.63 bits per heavy atom. The van der Waals surface area contributed by atoms with Crippen LogP contribution >= 0.6 is 0 Å². The average Bonchev–Trinajstić information content (AvgIpc) is 2.83. The Bertz CT molecular complexity index is 671. The fraction of sp³-hybridized carbons (Fsp3) is 0.125. The van der Waals surface area contributed by atoms with Crippen molar-refractivity contribution in [2.75, 3.05) is 0 Å². The van der Waals surface area contributed by atoms with E-state index in [4.69, 9.17) is 0 Å². The first-order valence-electron chi connectivity index (χ1n) is 6.07. The van der Waals surface area contributed by atoms with Crippen molar-refractivity contribution in [2.45, 2.75) is 11.8 Å². The molecule has 2 nitrogen and oxygen atoms in total. The fourth-order valence-corrected chi connectivity index (χ4v) is 2.06. The van der Waals surface area contributed by atoms with Crippen molar-refractivity contribution in [1.29, 1.82) is 0 Å². The number of benzene rings is 2. The molecule has 0 spiro atoms. The molecule has 0 radical (unpaired) electrons. The molecule has 0 fully saturated rings. The quantitative estimate of drug-likeness (QED) is 0.613. The molecule has 0 atom stereocenters. The van der Waals surface area contributed by atoms with E-state index >= 15 is 0 Å². The Labute approximate surface area is 117 Å². The highest BCUT2D eigenvalue weighted by Crippen LogP contribution is 2.12. The summed E-state index contributed by atoms with van der Waals surface area (Å²) in [5.41, 5.74) is 2.48. The van der Waals surface area contributed by atoms with Gasteiger partial charge in [-0.25, -0.2) is 0 Å². The Kier molecular flexibility index (Phi) is 4.42. The van der Waals surface area contributed by atoms with E-state index in [2.05, 4.69) is 48.1 Å². The summed E-state index contributed by atoms with van der Waals surface area (Å²) >= 11 is 0.527. The summed E-state index contributed by atoms with van der Waals surface area (Å²) in [7, 11) is 2.06. The first-order chi connectivity index (χ1) is 9.20. The number of hydrogen-bond donors (Lipinski definition) is 0. The van der Waals surface area contributed by atoms with Crippen LogP contribution in [0.25, 0.3) is 10.9 Å². The zero-order valence-corrected chi connectivity index (χ0v) is 11.9. The van der Waals surface area contributed by atoms with Gasteiger partial charge in [0.15, 0.2) is 0 Å². The van der Waals surface area contributed by atoms with Crippen molar-refractivity contribution in [3.63, 3.8) is 0 Å². The van der Waals surface area contributed by atoms with Crippen molar-refractivity contribution in [1.82, 2.24) is 4.57 Å². The summed E-state index contributed by atoms with van der Waals surface area (Å²) in [5.74, 6) is 0. The van der Waals surface area contributed by atoms with E-state index in [-0.39, 0.29) is 0 Å². The lowest BCUT2D eigenvalue weighted by Crippen LogP contribution is -1.81. The molecule has 0 N–H and O–H groups in total. The molecule has 0 aliphatic carbocycles. The first-order valence-corrected chi connectivity index (χ1v) is 6.81. The van der Waals surface area contributed by atoms with Gasteiger partial charge in [-0.2, -0.15) is 0 Å². The van der Waals surface area contributed by atoms with Gasteiger partial charge in [0.25, 0.3) is 4.90 Å². The Hall–Kier alpha value is -2.00. The van der Waals surface area contributed by atoms with E-state index in [0.29, 0.717) is 11.7 Å². The van der Waals surface area contributed by atoms with Crippen LogP contribution in [0.3, 0.4) is 0 Å². The molecule has 3 rings (SSSR count). The highest BCUT2D eigenvalue weighted by molar-refractivity contribution is 7.65. The van der Waals surface area contributed by atoms with Gasteiger partial charge >= 0.3 is 11.7 Å². The standard InChI is InChI=1S/C9H9N.C7H7OS/c1-10-7-6-8-4-2-3-5-9(8)10;1-6-2-4-7(9-8)5-3-6/h2-7H,1H3;2-5H,1H3/q;+1. The predicted molar refractivity (Wildman–Crippen MR) is 80.4 cm³/mol. The van der Waals surface area contributed by atoms with Crippen molar-refractivity contribution in [2.24, 2.45) is 7.05 Å². The monoisotopic (exact) mass is 270 g/mol. The normalized spacial score (nSPS) is 9.79. The van der Waals surface area contributed by atoms with Crippen LogP contribution in [-0.2, 0) is 22.9 Å². The maximum atomic E-state index is 10.2. The first kappa shape index (κ1) is 13.4. The number of hydrogen-bond acceptors (Lipinski definition) is 1. The number of rotatable bonds is 1. The second-order valence-electron chi connectivity index (χ2n) is 4.38. The van der Waals surface area contributed by atoms with Crippen LogP contribution in [-0.4, -0.2) is 4.57 Å². The van der Waals surface area contributed by atoms with E-state index in [1.807, 2.05) is 31.2 Å². The van der Waals surface area contributed by atoms with Crippen LogP contribution in [0.1, 0.15) is 5.56 Å². The summed E-state index contributed by atoms with van der Waals surface area (Å²) in [4.78, 5) is 0.778. The zero-order chi connectivity index (χ0) is 13.7. The van der Waals surface area contributed by atoms with Crippen LogP contribution in [0.15, 0.2) is 65.7 Å². The summed E-state index contributed by atoms with van der Waals surface area (Å²) in [6, 6.07) is 18.0. The Morgan fingerprint density at radius 1 is 0.947 bits per heavy atom. The molecule has 19 heavy (non-hydrogen) atoms. The molecule has 0 aliphatic rings. The minimum Gasteiger partial charge on any atom is -0.351 e. The molecule has 1 aromatic heterocycles. The summed E-state index contributed by atoms with van der Waals surface area (Å²) in [6.45, 7) is 2.00. The maximum absolute atomic E-state index is 10.2. The number of fused-ring (bicyclic) bond motifs is 1. The van der Waals surface area contributed by atoms with Gasteiger partial charge in [0.1, 0.15) is 0 Å². The van der Waals surface area contributed by atoms with Crippen molar-refractivity contribution < 1.29 is 4.21 Å². The number of para-hydroxylation sites is 1. The predicted octanol–water partition coefficient (Wildman–Crippen LogP) is 3.96. The summed E-state index contributed by atoms with van der Waals surface area (Å²) in [6.07, 6.45) is 2.07. The molecule has 0 bridgehead atoms. The van der Waals surface area contributed by atoms with Gasteiger partial charge in [-0.15, -0.1) is 0 Å². The largest absolute Gasteiger partial charge is 0.505 e. The van der Waals surface area contributed by atoms with E-state index in [0.717, 1.165) is 4.90 Å². The third-order valence-electron chi connectivity index (χ3n) is 2.91. The van der Waals surface area contributed by atoms with Gasteiger partial charge in [0.05, 0.1) is 0 Å². The fourth-order valence-electron chi connectivity index (χ4n) is 1.82. The lowest BCUT2D eigenvalue weighted by Gasteiger charge is -1.92. The average molecular weight is 270 g/mol. The third-order valence-corrected chi connectivity index (χ3v) is 3.38. The SMILES string of the molecule is Cc1ccc([S+]=O)cc1.Cn1ccc2ccccc21. The van der Waals surface area contributed by atoms with E-state index in [9.17, 15) is 4.21 Å². The second-order valence-corrected chi connectivity index (χ2v) is 5.02. The number of aryl methyl sites for hydroxylation is 2. The molecular formula is C16H16NOS+. The lowest BCUT2D eigenvalue weighted by atomic mass is 10.2. The van der Waals surface area contributed by atoms with Crippen molar-refractivity contribution in [3.8, 4) is 0 Å². The highest BCUT2D eigenvalue weighted by atomic mass is 32.1. The lowest BCUT2D eigenvalue weighted by molar-refractivity contribution is 0.605. The Balaban J connectivity index is 0.000000141. The van der Waals surface area contributed by atoms with Crippen molar-refractivity contribution >= 4 is 22.6 Å². The summed E-state index contributed by atoms with van der Waals surface area (Å²) in [5, 5.41) is 1.31. The number of aromatic nitrogens is 1. The second kappa shape index (κ2) is 6.25. The highest BCUT2D eigenvalue weighted by Gasteiger charge is 2.01. The number of nitrogens with zero attached hydrogens (tertiary/aromatic N) is 1. The van der Waals surface area contributed by atoms with Crippen LogP contribution in [0.5, 0.6) is 0 Å². The van der Waals surface area contributed by atoms with Crippen LogP contribution in [0.2, 0.25) is 0 Å². The van der Waals surface area contributed by atoms with E-state index in [1.54, 1.807) is 0 Å². The van der Waals surface area contributed by atoms with Gasteiger partial charge in [0.2, 0.25) is 0 Å². The van der Waals surface area contributed by atoms with Gasteiger partial charge in [-0.05, 0) is 24.4 Å². The van der Waals surface area contributed by atoms with Gasteiger partial charge < -0.3 is 4.57 Å². The molecule has 0 amide bonds. The molecule has 96 valence electrons. The van der Waals surface area contributed by atoms with Gasteiger partial charge in [0, 0.05) is 35.1 Å². The molecule has 0 unspecified atom stereocenters. The van der Waals surface area contributed by atoms with Gasteiger partial charge in [-0.3, -0.25) is 0 Å². The minimum absolute atomic E-state index is 0.527. The zero-order valence-electron chi connectivity index (χ0n) is 11.0. The van der Waals surface area contributed by atoms with Crippen LogP contribution in [0.4, 0.5) is 0 Å². The molecule has 3 heteroatoms. The third kappa shape index (κ3) is 3.48. The molecular weight excluding hydrogens is 254 g/mol. The molecule has 0 saturated carbocycles. The molecule has 3 aromatic rings. The molecule has 0 saturated heterocycles. The van der Waals surface area contributed by atoms with Crippen LogP contribution in [0, 0.1) is 6.92 Å².